The molecule has 2 N–H and O–H groups in total. The molecule has 3 rings (SSSR count). The molecule has 1 unspecified atom stereocenters. The van der Waals surface area contributed by atoms with Crippen LogP contribution < -0.4 is 4.74 Å². The third kappa shape index (κ3) is 3.67. The van der Waals surface area contributed by atoms with E-state index in [1.54, 1.807) is 38.6 Å². The van der Waals surface area contributed by atoms with Gasteiger partial charge in [0.1, 0.15) is 11.5 Å². The average Bonchev–Trinajstić information content (AvgIpc) is 3.04. The molecule has 0 aliphatic heterocycles. The summed E-state index contributed by atoms with van der Waals surface area (Å²) < 4.78 is 7.49. The van der Waals surface area contributed by atoms with Gasteiger partial charge in [-0.1, -0.05) is 30.3 Å². The van der Waals surface area contributed by atoms with Crippen LogP contribution in [-0.4, -0.2) is 33.0 Å². The van der Waals surface area contributed by atoms with Crippen LogP contribution in [0.1, 0.15) is 13.3 Å². The van der Waals surface area contributed by atoms with Gasteiger partial charge in [-0.05, 0) is 31.5 Å². The zero-order valence-corrected chi connectivity index (χ0v) is 14.4. The minimum atomic E-state index is -0.401. The first-order valence-electron chi connectivity index (χ1n) is 8.26. The lowest BCUT2D eigenvalue weighted by Gasteiger charge is -2.15. The van der Waals surface area contributed by atoms with E-state index in [0.29, 0.717) is 18.7 Å². The van der Waals surface area contributed by atoms with E-state index in [-0.39, 0.29) is 5.75 Å². The van der Waals surface area contributed by atoms with Gasteiger partial charge in [-0.2, -0.15) is 0 Å². The Bertz CT molecular complexity index is 841. The van der Waals surface area contributed by atoms with E-state index in [9.17, 15) is 10.2 Å². The van der Waals surface area contributed by atoms with Crippen LogP contribution >= 0.6 is 0 Å². The number of aliphatic hydroxyl groups is 1. The zero-order chi connectivity index (χ0) is 17.8. The molecule has 0 aliphatic carbocycles. The second kappa shape index (κ2) is 7.40. The Morgan fingerprint density at radius 1 is 1.16 bits per heavy atom. The molecule has 0 saturated carbocycles. The van der Waals surface area contributed by atoms with Gasteiger partial charge >= 0.3 is 0 Å². The van der Waals surface area contributed by atoms with Gasteiger partial charge in [0, 0.05) is 17.7 Å². The number of aryl methyl sites for hydroxylation is 1. The molecular weight excluding hydrogens is 316 g/mol. The maximum absolute atomic E-state index is 9.98. The molecule has 0 radical (unpaired) electrons. The highest BCUT2D eigenvalue weighted by Gasteiger charge is 2.19. The molecule has 5 heteroatoms. The Balaban J connectivity index is 2.18. The number of hydrogen-bond acceptors (Lipinski definition) is 4. The number of phenolic OH excluding ortho intramolecular Hbond substituents is 1. The van der Waals surface area contributed by atoms with E-state index >= 15 is 0 Å². The highest BCUT2D eigenvalue weighted by atomic mass is 16.5. The van der Waals surface area contributed by atoms with Crippen molar-refractivity contribution in [2.45, 2.75) is 26.0 Å². The van der Waals surface area contributed by atoms with Gasteiger partial charge < -0.3 is 19.5 Å². The van der Waals surface area contributed by atoms with Gasteiger partial charge in [0.25, 0.3) is 0 Å². The predicted octanol–water partition coefficient (Wildman–Crippen LogP) is 3.70. The highest BCUT2D eigenvalue weighted by Crippen LogP contribution is 2.38. The summed E-state index contributed by atoms with van der Waals surface area (Å²) >= 11 is 0. The van der Waals surface area contributed by atoms with Crippen LogP contribution in [0.5, 0.6) is 11.5 Å². The summed E-state index contributed by atoms with van der Waals surface area (Å²) in [4.78, 5) is 4.59. The molecule has 0 saturated heterocycles. The Kier molecular flexibility index (Phi) is 5.05. The molecule has 1 atom stereocenters. The van der Waals surface area contributed by atoms with Gasteiger partial charge in [0.05, 0.1) is 30.9 Å². The van der Waals surface area contributed by atoms with E-state index in [1.807, 2.05) is 34.9 Å². The third-order valence-corrected chi connectivity index (χ3v) is 4.11. The largest absolute Gasteiger partial charge is 0.508 e. The molecule has 130 valence electrons. The quantitative estimate of drug-likeness (QED) is 0.719. The summed E-state index contributed by atoms with van der Waals surface area (Å²) in [6, 6.07) is 14.9. The summed E-state index contributed by atoms with van der Waals surface area (Å²) in [5.41, 5.74) is 3.43. The van der Waals surface area contributed by atoms with E-state index in [4.69, 9.17) is 4.74 Å². The van der Waals surface area contributed by atoms with Crippen molar-refractivity contribution >= 4 is 0 Å². The molecule has 2 aromatic carbocycles. The second-order valence-corrected chi connectivity index (χ2v) is 6.02. The molecule has 0 aliphatic rings. The molecule has 3 aromatic rings. The molecule has 0 spiro atoms. The number of nitrogens with zero attached hydrogens (tertiary/aromatic N) is 2. The number of ether oxygens (including phenoxy) is 1. The number of aromatic hydroxyl groups is 1. The van der Waals surface area contributed by atoms with Gasteiger partial charge in [0.15, 0.2) is 0 Å². The number of rotatable bonds is 6. The normalized spacial score (nSPS) is 12.1. The van der Waals surface area contributed by atoms with Crippen molar-refractivity contribution in [3.63, 3.8) is 0 Å². The van der Waals surface area contributed by atoms with Crippen molar-refractivity contribution in [3.8, 4) is 34.0 Å². The minimum Gasteiger partial charge on any atom is -0.508 e. The molecule has 0 amide bonds. The van der Waals surface area contributed by atoms with E-state index in [1.165, 1.54) is 0 Å². The monoisotopic (exact) mass is 338 g/mol. The minimum absolute atomic E-state index is 0.165. The first-order chi connectivity index (χ1) is 12.1. The Hall–Kier alpha value is -2.79. The SMILES string of the molecule is COc1ccc(O)cc1-c1c(-c2ccccc2)ncn1CCC(C)O. The number of aliphatic hydroxyl groups excluding tert-OH is 1. The molecule has 5 nitrogen and oxygen atoms in total. The third-order valence-electron chi connectivity index (χ3n) is 4.11. The smallest absolute Gasteiger partial charge is 0.128 e. The van der Waals surface area contributed by atoms with Gasteiger partial charge in [-0.3, -0.25) is 0 Å². The lowest BCUT2D eigenvalue weighted by molar-refractivity contribution is 0.178. The fourth-order valence-electron chi connectivity index (χ4n) is 2.85. The van der Waals surface area contributed by atoms with Crippen LogP contribution in [0, 0.1) is 0 Å². The first-order valence-corrected chi connectivity index (χ1v) is 8.26. The van der Waals surface area contributed by atoms with Crippen LogP contribution in [-0.2, 0) is 6.54 Å². The molecule has 1 heterocycles. The van der Waals surface area contributed by atoms with Crippen molar-refractivity contribution in [2.75, 3.05) is 7.11 Å². The first kappa shape index (κ1) is 17.0. The molecular formula is C20H22N2O3. The van der Waals surface area contributed by atoms with E-state index < -0.39 is 6.10 Å². The number of benzene rings is 2. The number of imidazole rings is 1. The van der Waals surface area contributed by atoms with E-state index in [2.05, 4.69) is 4.98 Å². The molecule has 1 aromatic heterocycles. The van der Waals surface area contributed by atoms with Crippen molar-refractivity contribution in [2.24, 2.45) is 0 Å². The van der Waals surface area contributed by atoms with Crippen molar-refractivity contribution in [1.29, 1.82) is 0 Å². The van der Waals surface area contributed by atoms with Crippen LogP contribution in [0.4, 0.5) is 0 Å². The van der Waals surface area contributed by atoms with Crippen LogP contribution in [0.15, 0.2) is 54.9 Å². The summed E-state index contributed by atoms with van der Waals surface area (Å²) in [6.45, 7) is 2.38. The second-order valence-electron chi connectivity index (χ2n) is 6.02. The lowest BCUT2D eigenvalue weighted by atomic mass is 10.0. The average molecular weight is 338 g/mol. The summed E-state index contributed by atoms with van der Waals surface area (Å²) in [5, 5.41) is 19.6. The Morgan fingerprint density at radius 3 is 2.60 bits per heavy atom. The fourth-order valence-corrected chi connectivity index (χ4v) is 2.85. The number of phenols is 1. The van der Waals surface area contributed by atoms with Gasteiger partial charge in [-0.15, -0.1) is 0 Å². The topological polar surface area (TPSA) is 67.5 Å². The Morgan fingerprint density at radius 2 is 1.92 bits per heavy atom. The van der Waals surface area contributed by atoms with E-state index in [0.717, 1.165) is 22.5 Å². The highest BCUT2D eigenvalue weighted by molar-refractivity contribution is 5.82. The maximum atomic E-state index is 9.98. The number of aromatic nitrogens is 2. The van der Waals surface area contributed by atoms with Gasteiger partial charge in [-0.25, -0.2) is 4.98 Å². The number of hydrogen-bond donors (Lipinski definition) is 2. The summed E-state index contributed by atoms with van der Waals surface area (Å²) in [5.74, 6) is 0.826. The summed E-state index contributed by atoms with van der Waals surface area (Å²) in [7, 11) is 1.61. The van der Waals surface area contributed by atoms with Crippen LogP contribution in [0.2, 0.25) is 0 Å². The van der Waals surface area contributed by atoms with Crippen molar-refractivity contribution < 1.29 is 14.9 Å². The molecule has 25 heavy (non-hydrogen) atoms. The van der Waals surface area contributed by atoms with Crippen LogP contribution in [0.25, 0.3) is 22.5 Å². The molecule has 0 bridgehead atoms. The number of methoxy groups -OCH3 is 1. The standard InChI is InChI=1S/C20H22N2O3/c1-14(23)10-11-22-13-21-19(15-6-4-3-5-7-15)20(22)17-12-16(24)8-9-18(17)25-2/h3-9,12-14,23-24H,10-11H2,1-2H3. The van der Waals surface area contributed by atoms with Crippen molar-refractivity contribution in [3.05, 3.63) is 54.9 Å². The Labute approximate surface area is 147 Å². The maximum Gasteiger partial charge on any atom is 0.128 e. The zero-order valence-electron chi connectivity index (χ0n) is 14.4. The van der Waals surface area contributed by atoms with Crippen molar-refractivity contribution in [1.82, 2.24) is 9.55 Å². The van der Waals surface area contributed by atoms with Crippen LogP contribution in [0.3, 0.4) is 0 Å². The molecule has 0 fully saturated rings. The fraction of sp³-hybridized carbons (Fsp3) is 0.250. The predicted molar refractivity (Wildman–Crippen MR) is 97.6 cm³/mol. The van der Waals surface area contributed by atoms with Gasteiger partial charge in [0.2, 0.25) is 0 Å². The summed E-state index contributed by atoms with van der Waals surface area (Å²) in [6.07, 6.45) is 1.98. The lowest BCUT2D eigenvalue weighted by Crippen LogP contribution is -2.07.